The number of aromatic nitrogens is 1. The Balaban J connectivity index is 1.77. The minimum Gasteiger partial charge on any atom is -0.361 e. The molecule has 23 heavy (non-hydrogen) atoms. The number of carbonyl (C=O) groups excluding carboxylic acids is 3. The Morgan fingerprint density at radius 1 is 1.35 bits per heavy atom. The number of nitrogens with zero attached hydrogens (tertiary/aromatic N) is 4. The van der Waals surface area contributed by atoms with Crippen LogP contribution in [0.25, 0.3) is 0 Å². The SMILES string of the molecule is Cc1noc(C)c1[C@@H]1CCCN1C(=O)CN1C(=O)CN(C)C1=O. The minimum atomic E-state index is -0.420. The molecule has 0 N–H and O–H groups in total. The van der Waals surface area contributed by atoms with Crippen molar-refractivity contribution in [3.05, 3.63) is 17.0 Å². The zero-order chi connectivity index (χ0) is 16.7. The fourth-order valence-electron chi connectivity index (χ4n) is 3.38. The molecule has 2 aliphatic heterocycles. The van der Waals surface area contributed by atoms with E-state index in [0.717, 1.165) is 29.0 Å². The summed E-state index contributed by atoms with van der Waals surface area (Å²) in [5.74, 6) is 0.156. The second-order valence-electron chi connectivity index (χ2n) is 6.10. The molecule has 2 aliphatic rings. The number of hydrogen-bond donors (Lipinski definition) is 0. The molecule has 2 fully saturated rings. The molecule has 8 heteroatoms. The summed E-state index contributed by atoms with van der Waals surface area (Å²) in [7, 11) is 1.55. The molecule has 0 spiro atoms. The largest absolute Gasteiger partial charge is 0.361 e. The van der Waals surface area contributed by atoms with Crippen LogP contribution >= 0.6 is 0 Å². The van der Waals surface area contributed by atoms with Gasteiger partial charge in [-0.2, -0.15) is 0 Å². The molecule has 124 valence electrons. The molecule has 1 aromatic rings. The van der Waals surface area contributed by atoms with Crippen molar-refractivity contribution >= 4 is 17.8 Å². The lowest BCUT2D eigenvalue weighted by molar-refractivity contribution is -0.137. The summed E-state index contributed by atoms with van der Waals surface area (Å²) < 4.78 is 5.20. The molecular formula is C15H20N4O4. The van der Waals surface area contributed by atoms with Gasteiger partial charge in [-0.1, -0.05) is 5.16 Å². The van der Waals surface area contributed by atoms with Gasteiger partial charge in [-0.05, 0) is 26.7 Å². The Kier molecular flexibility index (Phi) is 3.83. The van der Waals surface area contributed by atoms with Crippen LogP contribution in [0.5, 0.6) is 0 Å². The van der Waals surface area contributed by atoms with Crippen molar-refractivity contribution in [2.24, 2.45) is 0 Å². The van der Waals surface area contributed by atoms with Crippen molar-refractivity contribution in [2.45, 2.75) is 32.7 Å². The van der Waals surface area contributed by atoms with Gasteiger partial charge in [-0.3, -0.25) is 14.5 Å². The lowest BCUT2D eigenvalue weighted by Gasteiger charge is -2.26. The van der Waals surface area contributed by atoms with Crippen LogP contribution in [0.4, 0.5) is 4.79 Å². The van der Waals surface area contributed by atoms with Crippen molar-refractivity contribution in [3.63, 3.8) is 0 Å². The predicted molar refractivity (Wildman–Crippen MR) is 79.4 cm³/mol. The third kappa shape index (κ3) is 2.58. The summed E-state index contributed by atoms with van der Waals surface area (Å²) in [5.41, 5.74) is 1.72. The van der Waals surface area contributed by atoms with Gasteiger partial charge in [0.2, 0.25) is 5.91 Å². The maximum atomic E-state index is 12.6. The van der Waals surface area contributed by atoms with Crippen LogP contribution in [0, 0.1) is 13.8 Å². The first-order valence-corrected chi connectivity index (χ1v) is 7.68. The van der Waals surface area contributed by atoms with E-state index < -0.39 is 6.03 Å². The number of amides is 4. The van der Waals surface area contributed by atoms with E-state index in [2.05, 4.69) is 5.16 Å². The average Bonchev–Trinajstić information content (AvgIpc) is 3.15. The van der Waals surface area contributed by atoms with Crippen LogP contribution in [-0.2, 0) is 9.59 Å². The number of carbonyl (C=O) groups is 3. The number of likely N-dealkylation sites (tertiary alicyclic amines) is 1. The molecular weight excluding hydrogens is 300 g/mol. The lowest BCUT2D eigenvalue weighted by Crippen LogP contribution is -2.43. The monoisotopic (exact) mass is 320 g/mol. The Morgan fingerprint density at radius 3 is 2.65 bits per heavy atom. The molecule has 3 rings (SSSR count). The molecule has 0 unspecified atom stereocenters. The maximum Gasteiger partial charge on any atom is 0.327 e. The third-order valence-electron chi connectivity index (χ3n) is 4.52. The Hall–Kier alpha value is -2.38. The van der Waals surface area contributed by atoms with Gasteiger partial charge >= 0.3 is 6.03 Å². The van der Waals surface area contributed by atoms with E-state index in [-0.39, 0.29) is 30.9 Å². The third-order valence-corrected chi connectivity index (χ3v) is 4.52. The van der Waals surface area contributed by atoms with Gasteiger partial charge in [0.1, 0.15) is 18.8 Å². The summed E-state index contributed by atoms with van der Waals surface area (Å²) >= 11 is 0. The Labute approximate surface area is 134 Å². The van der Waals surface area contributed by atoms with Crippen LogP contribution in [0.3, 0.4) is 0 Å². The molecule has 1 atom stereocenters. The van der Waals surface area contributed by atoms with Gasteiger partial charge in [0.05, 0.1) is 11.7 Å². The topological polar surface area (TPSA) is 87.0 Å². The van der Waals surface area contributed by atoms with E-state index in [0.29, 0.717) is 12.3 Å². The molecule has 0 aliphatic carbocycles. The van der Waals surface area contributed by atoms with E-state index in [9.17, 15) is 14.4 Å². The normalized spacial score (nSPS) is 21.7. The highest BCUT2D eigenvalue weighted by molar-refractivity contribution is 6.04. The Morgan fingerprint density at radius 2 is 2.09 bits per heavy atom. The van der Waals surface area contributed by atoms with Crippen molar-refractivity contribution in [3.8, 4) is 0 Å². The smallest absolute Gasteiger partial charge is 0.327 e. The van der Waals surface area contributed by atoms with Crippen molar-refractivity contribution < 1.29 is 18.9 Å². The number of aryl methyl sites for hydroxylation is 2. The fraction of sp³-hybridized carbons (Fsp3) is 0.600. The molecule has 2 saturated heterocycles. The molecule has 0 aromatic carbocycles. The summed E-state index contributed by atoms with van der Waals surface area (Å²) in [5, 5.41) is 3.95. The van der Waals surface area contributed by atoms with E-state index in [1.165, 1.54) is 4.90 Å². The standard InChI is InChI=1S/C15H20N4O4/c1-9-14(10(2)23-16-9)11-5-4-6-18(11)13(21)8-19-12(20)7-17(3)15(19)22/h11H,4-8H2,1-3H3/t11-/m0/s1. The summed E-state index contributed by atoms with van der Waals surface area (Å²) in [6.45, 7) is 4.12. The van der Waals surface area contributed by atoms with Gasteiger partial charge in [0, 0.05) is 19.2 Å². The lowest BCUT2D eigenvalue weighted by atomic mass is 10.0. The van der Waals surface area contributed by atoms with Crippen LogP contribution in [0.15, 0.2) is 4.52 Å². The molecule has 3 heterocycles. The Bertz CT molecular complexity index is 649. The highest BCUT2D eigenvalue weighted by atomic mass is 16.5. The van der Waals surface area contributed by atoms with E-state index in [4.69, 9.17) is 4.52 Å². The zero-order valence-electron chi connectivity index (χ0n) is 13.5. The molecule has 1 aromatic heterocycles. The highest BCUT2D eigenvalue weighted by Crippen LogP contribution is 2.35. The van der Waals surface area contributed by atoms with E-state index >= 15 is 0 Å². The van der Waals surface area contributed by atoms with Gasteiger partial charge in [0.15, 0.2) is 0 Å². The van der Waals surface area contributed by atoms with Crippen molar-refractivity contribution in [1.29, 1.82) is 0 Å². The zero-order valence-corrected chi connectivity index (χ0v) is 13.5. The summed E-state index contributed by atoms with van der Waals surface area (Å²) in [6.07, 6.45) is 1.71. The first-order valence-electron chi connectivity index (χ1n) is 7.68. The summed E-state index contributed by atoms with van der Waals surface area (Å²) in [4.78, 5) is 40.4. The van der Waals surface area contributed by atoms with Gasteiger partial charge in [-0.15, -0.1) is 0 Å². The first-order chi connectivity index (χ1) is 10.9. The average molecular weight is 320 g/mol. The van der Waals surface area contributed by atoms with Crippen LogP contribution in [0.1, 0.15) is 35.9 Å². The molecule has 0 saturated carbocycles. The van der Waals surface area contributed by atoms with E-state index in [1.54, 1.807) is 11.9 Å². The van der Waals surface area contributed by atoms with Crippen LogP contribution in [-0.4, -0.2) is 64.4 Å². The van der Waals surface area contributed by atoms with Gasteiger partial charge < -0.3 is 14.3 Å². The second-order valence-corrected chi connectivity index (χ2v) is 6.10. The molecule has 8 nitrogen and oxygen atoms in total. The minimum absolute atomic E-state index is 0.0272. The number of likely N-dealkylation sites (N-methyl/N-ethyl adjacent to an activating group) is 1. The number of hydrogen-bond acceptors (Lipinski definition) is 5. The predicted octanol–water partition coefficient (Wildman–Crippen LogP) is 0.849. The number of imide groups is 1. The maximum absolute atomic E-state index is 12.6. The quantitative estimate of drug-likeness (QED) is 0.771. The van der Waals surface area contributed by atoms with Crippen molar-refractivity contribution in [1.82, 2.24) is 19.9 Å². The summed E-state index contributed by atoms with van der Waals surface area (Å²) in [6, 6.07) is -0.518. The van der Waals surface area contributed by atoms with Gasteiger partial charge in [-0.25, -0.2) is 4.79 Å². The van der Waals surface area contributed by atoms with Crippen LogP contribution in [0.2, 0.25) is 0 Å². The number of urea groups is 1. The number of rotatable bonds is 3. The fourth-order valence-corrected chi connectivity index (χ4v) is 3.38. The second kappa shape index (κ2) is 5.68. The van der Waals surface area contributed by atoms with Crippen molar-refractivity contribution in [2.75, 3.05) is 26.7 Å². The molecule has 0 bridgehead atoms. The highest BCUT2D eigenvalue weighted by Gasteiger charge is 2.39. The molecule has 4 amide bonds. The molecule has 0 radical (unpaired) electrons. The van der Waals surface area contributed by atoms with E-state index in [1.807, 2.05) is 13.8 Å². The first kappa shape index (κ1) is 15.5. The van der Waals surface area contributed by atoms with Crippen LogP contribution < -0.4 is 0 Å². The van der Waals surface area contributed by atoms with Gasteiger partial charge in [0.25, 0.3) is 5.91 Å².